The average Bonchev–Trinajstić information content (AvgIpc) is 2.14. The summed E-state index contributed by atoms with van der Waals surface area (Å²) >= 11 is 0. The van der Waals surface area contributed by atoms with Crippen LogP contribution in [0.2, 0.25) is 0 Å². The molecule has 0 aromatic carbocycles. The van der Waals surface area contributed by atoms with E-state index in [0.717, 1.165) is 25.8 Å². The molecule has 1 heterocycles. The summed E-state index contributed by atoms with van der Waals surface area (Å²) in [4.78, 5) is 11.5. The quantitative estimate of drug-likeness (QED) is 0.674. The number of hydrogen-bond acceptors (Lipinski definition) is 3. The van der Waals surface area contributed by atoms with Crippen molar-refractivity contribution in [1.29, 1.82) is 0 Å². The summed E-state index contributed by atoms with van der Waals surface area (Å²) in [5.74, 6) is 0.123. The Morgan fingerprint density at radius 2 is 2.38 bits per heavy atom. The van der Waals surface area contributed by atoms with Crippen LogP contribution in [0.1, 0.15) is 33.1 Å². The third-order valence-electron chi connectivity index (χ3n) is 2.41. The van der Waals surface area contributed by atoms with E-state index in [1.165, 1.54) is 0 Å². The highest BCUT2D eigenvalue weighted by Crippen LogP contribution is 2.17. The predicted molar refractivity (Wildman–Crippen MR) is 51.4 cm³/mol. The van der Waals surface area contributed by atoms with Gasteiger partial charge in [-0.1, -0.05) is 6.92 Å². The number of rotatable bonds is 3. The third kappa shape index (κ3) is 3.35. The first-order chi connectivity index (χ1) is 6.24. The zero-order valence-corrected chi connectivity index (χ0v) is 8.51. The molecule has 1 aliphatic heterocycles. The molecule has 2 unspecified atom stereocenters. The van der Waals surface area contributed by atoms with E-state index in [1.807, 2.05) is 6.92 Å². The van der Waals surface area contributed by atoms with Gasteiger partial charge >= 0.3 is 5.97 Å². The molecule has 0 aromatic heterocycles. The Morgan fingerprint density at radius 3 is 3.00 bits per heavy atom. The molecule has 1 saturated heterocycles. The van der Waals surface area contributed by atoms with Crippen LogP contribution in [0.5, 0.6) is 0 Å². The van der Waals surface area contributed by atoms with E-state index in [9.17, 15) is 4.79 Å². The van der Waals surface area contributed by atoms with Gasteiger partial charge in [0.1, 0.15) is 0 Å². The van der Waals surface area contributed by atoms with E-state index >= 15 is 0 Å². The molecule has 3 nitrogen and oxygen atoms in total. The first kappa shape index (κ1) is 10.5. The first-order valence-electron chi connectivity index (χ1n) is 5.14. The van der Waals surface area contributed by atoms with Crippen molar-refractivity contribution < 1.29 is 9.53 Å². The van der Waals surface area contributed by atoms with Crippen LogP contribution in [0.15, 0.2) is 0 Å². The van der Waals surface area contributed by atoms with Gasteiger partial charge in [0, 0.05) is 6.04 Å². The second-order valence-electron chi connectivity index (χ2n) is 3.74. The van der Waals surface area contributed by atoms with Crippen LogP contribution in [-0.4, -0.2) is 25.2 Å². The highest BCUT2D eigenvalue weighted by atomic mass is 16.5. The zero-order valence-electron chi connectivity index (χ0n) is 8.51. The Balaban J connectivity index is 2.28. The SMILES string of the molecule is CCCOC(=O)C1CCNC(C)C1. The second kappa shape index (κ2) is 5.22. The molecular weight excluding hydrogens is 166 g/mol. The molecule has 13 heavy (non-hydrogen) atoms. The van der Waals surface area contributed by atoms with Crippen molar-refractivity contribution in [2.75, 3.05) is 13.2 Å². The van der Waals surface area contributed by atoms with Crippen LogP contribution in [0.25, 0.3) is 0 Å². The largest absolute Gasteiger partial charge is 0.465 e. The van der Waals surface area contributed by atoms with E-state index in [0.29, 0.717) is 12.6 Å². The van der Waals surface area contributed by atoms with Crippen LogP contribution in [0.3, 0.4) is 0 Å². The Morgan fingerprint density at radius 1 is 1.62 bits per heavy atom. The molecule has 0 bridgehead atoms. The molecule has 1 N–H and O–H groups in total. The van der Waals surface area contributed by atoms with Crippen LogP contribution in [0.4, 0.5) is 0 Å². The summed E-state index contributed by atoms with van der Waals surface area (Å²) in [6, 6.07) is 0.452. The van der Waals surface area contributed by atoms with Gasteiger partial charge in [-0.2, -0.15) is 0 Å². The lowest BCUT2D eigenvalue weighted by molar-refractivity contribution is -0.149. The summed E-state index contributed by atoms with van der Waals surface area (Å²) in [6.07, 6.45) is 2.75. The Kier molecular flexibility index (Phi) is 4.22. The lowest BCUT2D eigenvalue weighted by atomic mass is 9.93. The molecule has 0 saturated carbocycles. The first-order valence-corrected chi connectivity index (χ1v) is 5.14. The summed E-state index contributed by atoms with van der Waals surface area (Å²) in [5, 5.41) is 3.32. The lowest BCUT2D eigenvalue weighted by Crippen LogP contribution is -2.39. The van der Waals surface area contributed by atoms with Crippen molar-refractivity contribution >= 4 is 5.97 Å². The van der Waals surface area contributed by atoms with Crippen LogP contribution in [0, 0.1) is 5.92 Å². The van der Waals surface area contributed by atoms with Crippen LogP contribution in [-0.2, 0) is 9.53 Å². The number of piperidine rings is 1. The minimum atomic E-state index is -0.00444. The Bertz CT molecular complexity index is 170. The number of esters is 1. The molecule has 1 aliphatic rings. The number of nitrogens with one attached hydrogen (secondary N) is 1. The fraction of sp³-hybridized carbons (Fsp3) is 0.900. The summed E-state index contributed by atoms with van der Waals surface area (Å²) in [5.41, 5.74) is 0. The molecule has 3 heteroatoms. The molecule has 0 aromatic rings. The second-order valence-corrected chi connectivity index (χ2v) is 3.74. The average molecular weight is 185 g/mol. The van der Waals surface area contributed by atoms with Crippen molar-refractivity contribution in [2.24, 2.45) is 5.92 Å². The summed E-state index contributed by atoms with van der Waals surface area (Å²) in [7, 11) is 0. The van der Waals surface area contributed by atoms with Gasteiger partial charge in [0.15, 0.2) is 0 Å². The molecule has 0 amide bonds. The van der Waals surface area contributed by atoms with Crippen molar-refractivity contribution in [3.63, 3.8) is 0 Å². The van der Waals surface area contributed by atoms with Gasteiger partial charge in [0.2, 0.25) is 0 Å². The molecule has 1 rings (SSSR count). The lowest BCUT2D eigenvalue weighted by Gasteiger charge is -2.26. The van der Waals surface area contributed by atoms with Gasteiger partial charge in [-0.25, -0.2) is 0 Å². The number of ether oxygens (including phenoxy) is 1. The monoisotopic (exact) mass is 185 g/mol. The highest BCUT2D eigenvalue weighted by Gasteiger charge is 2.25. The van der Waals surface area contributed by atoms with Crippen molar-refractivity contribution in [3.05, 3.63) is 0 Å². The normalized spacial score (nSPS) is 28.5. The van der Waals surface area contributed by atoms with Gasteiger partial charge in [-0.05, 0) is 32.7 Å². The van der Waals surface area contributed by atoms with Crippen molar-refractivity contribution in [2.45, 2.75) is 39.2 Å². The Labute approximate surface area is 79.8 Å². The van der Waals surface area contributed by atoms with E-state index in [1.54, 1.807) is 0 Å². The maximum Gasteiger partial charge on any atom is 0.309 e. The maximum absolute atomic E-state index is 11.5. The van der Waals surface area contributed by atoms with Crippen molar-refractivity contribution in [3.8, 4) is 0 Å². The molecule has 0 aliphatic carbocycles. The van der Waals surface area contributed by atoms with Crippen LogP contribution >= 0.6 is 0 Å². The van der Waals surface area contributed by atoms with E-state index in [2.05, 4.69) is 12.2 Å². The van der Waals surface area contributed by atoms with E-state index in [-0.39, 0.29) is 11.9 Å². The zero-order chi connectivity index (χ0) is 9.68. The minimum absolute atomic E-state index is 0.00444. The number of carbonyl (C=O) groups is 1. The van der Waals surface area contributed by atoms with E-state index in [4.69, 9.17) is 4.74 Å². The van der Waals surface area contributed by atoms with Crippen molar-refractivity contribution in [1.82, 2.24) is 5.32 Å². The summed E-state index contributed by atoms with van der Waals surface area (Å²) < 4.78 is 5.11. The molecule has 0 spiro atoms. The molecule has 76 valence electrons. The van der Waals surface area contributed by atoms with Gasteiger partial charge < -0.3 is 10.1 Å². The van der Waals surface area contributed by atoms with Gasteiger partial charge in [-0.3, -0.25) is 4.79 Å². The molecular formula is C10H19NO2. The van der Waals surface area contributed by atoms with E-state index < -0.39 is 0 Å². The fourth-order valence-corrected chi connectivity index (χ4v) is 1.67. The standard InChI is InChI=1S/C10H19NO2/c1-3-6-13-10(12)9-4-5-11-8(2)7-9/h8-9,11H,3-7H2,1-2H3. The Hall–Kier alpha value is -0.570. The third-order valence-corrected chi connectivity index (χ3v) is 2.41. The molecule has 2 atom stereocenters. The summed E-state index contributed by atoms with van der Waals surface area (Å²) in [6.45, 7) is 5.63. The number of carbonyl (C=O) groups excluding carboxylic acids is 1. The predicted octanol–water partition coefficient (Wildman–Crippen LogP) is 1.33. The highest BCUT2D eigenvalue weighted by molar-refractivity contribution is 5.72. The maximum atomic E-state index is 11.5. The fourth-order valence-electron chi connectivity index (χ4n) is 1.67. The number of hydrogen-bond donors (Lipinski definition) is 1. The van der Waals surface area contributed by atoms with Gasteiger partial charge in [0.25, 0.3) is 0 Å². The smallest absolute Gasteiger partial charge is 0.309 e. The molecule has 0 radical (unpaired) electrons. The van der Waals surface area contributed by atoms with Crippen LogP contribution < -0.4 is 5.32 Å². The minimum Gasteiger partial charge on any atom is -0.465 e. The molecule has 1 fully saturated rings. The van der Waals surface area contributed by atoms with Gasteiger partial charge in [-0.15, -0.1) is 0 Å². The topological polar surface area (TPSA) is 38.3 Å². The van der Waals surface area contributed by atoms with Gasteiger partial charge in [0.05, 0.1) is 12.5 Å².